The van der Waals surface area contributed by atoms with E-state index >= 15 is 0 Å². The van der Waals surface area contributed by atoms with Crippen LogP contribution >= 0.6 is 11.6 Å². The second-order valence-corrected chi connectivity index (χ2v) is 5.94. The molecule has 5 nitrogen and oxygen atoms in total. The number of para-hydroxylation sites is 1. The van der Waals surface area contributed by atoms with E-state index in [-0.39, 0.29) is 10.6 Å². The molecule has 0 bridgehead atoms. The van der Waals surface area contributed by atoms with Crippen molar-refractivity contribution in [3.05, 3.63) is 51.9 Å². The third-order valence-corrected chi connectivity index (χ3v) is 4.05. The minimum absolute atomic E-state index is 0.131. The van der Waals surface area contributed by atoms with Crippen molar-refractivity contribution in [2.75, 3.05) is 18.0 Å². The lowest BCUT2D eigenvalue weighted by molar-refractivity contribution is 0.0839. The Balaban J connectivity index is 2.00. The fourth-order valence-electron chi connectivity index (χ4n) is 2.55. The lowest BCUT2D eigenvalue weighted by Gasteiger charge is -2.21. The lowest BCUT2D eigenvalue weighted by atomic mass is 10.1. The summed E-state index contributed by atoms with van der Waals surface area (Å²) in [5, 5.41) is 14.4. The van der Waals surface area contributed by atoms with E-state index in [9.17, 15) is 9.90 Å². The minimum atomic E-state index is -0.752. The highest BCUT2D eigenvalue weighted by molar-refractivity contribution is 6.33. The summed E-state index contributed by atoms with van der Waals surface area (Å²) in [7, 11) is 0. The van der Waals surface area contributed by atoms with Crippen LogP contribution in [-0.2, 0) is 0 Å². The molecule has 0 spiro atoms. The molecule has 3 rings (SSSR count). The van der Waals surface area contributed by atoms with Crippen molar-refractivity contribution in [3.63, 3.8) is 0 Å². The van der Waals surface area contributed by atoms with Crippen molar-refractivity contribution in [2.45, 2.75) is 18.9 Å². The first-order valence-corrected chi connectivity index (χ1v) is 7.16. The Morgan fingerprint density at radius 2 is 2.05 bits per heavy atom. The number of rotatable bonds is 2. The van der Waals surface area contributed by atoms with Crippen molar-refractivity contribution in [1.29, 1.82) is 0 Å². The minimum Gasteiger partial charge on any atom is -0.388 e. The molecule has 1 aromatic carbocycles. The lowest BCUT2D eigenvalue weighted by Crippen LogP contribution is -2.31. The van der Waals surface area contributed by atoms with E-state index in [4.69, 9.17) is 11.6 Å². The summed E-state index contributed by atoms with van der Waals surface area (Å²) in [4.78, 5) is 14.3. The molecule has 21 heavy (non-hydrogen) atoms. The first kappa shape index (κ1) is 14.1. The van der Waals surface area contributed by atoms with E-state index in [0.717, 1.165) is 0 Å². The number of anilines is 1. The molecule has 1 aliphatic heterocycles. The maximum atomic E-state index is 12.4. The zero-order valence-corrected chi connectivity index (χ0v) is 12.4. The molecule has 0 amide bonds. The van der Waals surface area contributed by atoms with Crippen molar-refractivity contribution < 1.29 is 5.11 Å². The smallest absolute Gasteiger partial charge is 0.292 e. The average Bonchev–Trinajstić information content (AvgIpc) is 2.83. The van der Waals surface area contributed by atoms with Gasteiger partial charge in [-0.25, -0.2) is 0 Å². The molecule has 1 unspecified atom stereocenters. The highest BCUT2D eigenvalue weighted by atomic mass is 35.5. The van der Waals surface area contributed by atoms with Crippen molar-refractivity contribution in [3.8, 4) is 5.69 Å². The standard InChI is InChI=1S/C15H16ClN3O2/c1-15(21)7-8-18(10-15)12-9-17-19(14(20)13(12)16)11-5-3-2-4-6-11/h2-6,9,21H,7-8,10H2,1H3. The summed E-state index contributed by atoms with van der Waals surface area (Å²) in [5.74, 6) is 0. The summed E-state index contributed by atoms with van der Waals surface area (Å²) in [5.41, 5.74) is 0.139. The van der Waals surface area contributed by atoms with Crippen LogP contribution in [0.1, 0.15) is 13.3 Å². The maximum Gasteiger partial charge on any atom is 0.292 e. The number of nitrogens with zero attached hydrogens (tertiary/aromatic N) is 3. The molecular formula is C15H16ClN3O2. The zero-order chi connectivity index (χ0) is 15.0. The molecule has 110 valence electrons. The van der Waals surface area contributed by atoms with Gasteiger partial charge in [0.2, 0.25) is 0 Å². The third kappa shape index (κ3) is 2.66. The Labute approximate surface area is 127 Å². The monoisotopic (exact) mass is 305 g/mol. The van der Waals surface area contributed by atoms with Gasteiger partial charge in [-0.1, -0.05) is 29.8 Å². The highest BCUT2D eigenvalue weighted by Crippen LogP contribution is 2.29. The zero-order valence-electron chi connectivity index (χ0n) is 11.7. The second kappa shape index (κ2) is 5.16. The van der Waals surface area contributed by atoms with Gasteiger partial charge < -0.3 is 10.0 Å². The Bertz CT molecular complexity index is 713. The van der Waals surface area contributed by atoms with Crippen LogP contribution < -0.4 is 10.5 Å². The number of aliphatic hydroxyl groups is 1. The van der Waals surface area contributed by atoms with Gasteiger partial charge in [0.1, 0.15) is 5.02 Å². The van der Waals surface area contributed by atoms with E-state index in [1.807, 2.05) is 23.1 Å². The number of hydrogen-bond donors (Lipinski definition) is 1. The van der Waals surface area contributed by atoms with Gasteiger partial charge in [-0.3, -0.25) is 4.79 Å². The first-order valence-electron chi connectivity index (χ1n) is 6.78. The van der Waals surface area contributed by atoms with Gasteiger partial charge in [0.05, 0.1) is 23.2 Å². The van der Waals surface area contributed by atoms with E-state index in [0.29, 0.717) is 30.9 Å². The second-order valence-electron chi connectivity index (χ2n) is 5.56. The molecule has 1 N–H and O–H groups in total. The van der Waals surface area contributed by atoms with Crippen LogP contribution in [0.3, 0.4) is 0 Å². The van der Waals surface area contributed by atoms with Gasteiger partial charge in [-0.2, -0.15) is 9.78 Å². The molecule has 0 saturated carbocycles. The van der Waals surface area contributed by atoms with Crippen molar-refractivity contribution in [1.82, 2.24) is 9.78 Å². The van der Waals surface area contributed by atoms with Gasteiger partial charge in [-0.05, 0) is 25.5 Å². The summed E-state index contributed by atoms with van der Waals surface area (Å²) in [6.07, 6.45) is 2.23. The van der Waals surface area contributed by atoms with Crippen LogP contribution in [-0.4, -0.2) is 33.6 Å². The highest BCUT2D eigenvalue weighted by Gasteiger charge is 2.33. The fraction of sp³-hybridized carbons (Fsp3) is 0.333. The summed E-state index contributed by atoms with van der Waals surface area (Å²) >= 11 is 6.22. The van der Waals surface area contributed by atoms with E-state index in [2.05, 4.69) is 5.10 Å². The van der Waals surface area contributed by atoms with Crippen LogP contribution in [0.15, 0.2) is 41.3 Å². The van der Waals surface area contributed by atoms with Crippen LogP contribution in [0, 0.1) is 0 Å². The van der Waals surface area contributed by atoms with Crippen LogP contribution in [0.4, 0.5) is 5.69 Å². The third-order valence-electron chi connectivity index (χ3n) is 3.69. The SMILES string of the molecule is CC1(O)CCN(c2cnn(-c3ccccc3)c(=O)c2Cl)C1. The number of β-amino-alcohol motifs (C(OH)–C–C–N with tert-alkyl or cyclic N) is 1. The number of benzene rings is 1. The fourth-order valence-corrected chi connectivity index (χ4v) is 2.80. The van der Waals surface area contributed by atoms with Gasteiger partial charge in [0.25, 0.3) is 5.56 Å². The largest absolute Gasteiger partial charge is 0.388 e. The Hall–Kier alpha value is -1.85. The molecule has 6 heteroatoms. The topological polar surface area (TPSA) is 58.4 Å². The van der Waals surface area contributed by atoms with Gasteiger partial charge in [0.15, 0.2) is 0 Å². The molecule has 1 atom stereocenters. The van der Waals surface area contributed by atoms with Crippen LogP contribution in [0.5, 0.6) is 0 Å². The maximum absolute atomic E-state index is 12.4. The van der Waals surface area contributed by atoms with E-state index in [1.165, 1.54) is 4.68 Å². The van der Waals surface area contributed by atoms with Gasteiger partial charge >= 0.3 is 0 Å². The molecule has 0 radical (unpaired) electrons. The van der Waals surface area contributed by atoms with Crippen molar-refractivity contribution >= 4 is 17.3 Å². The Kier molecular flexibility index (Phi) is 3.47. The van der Waals surface area contributed by atoms with E-state index < -0.39 is 5.60 Å². The van der Waals surface area contributed by atoms with Crippen LogP contribution in [0.2, 0.25) is 5.02 Å². The quantitative estimate of drug-likeness (QED) is 0.920. The Morgan fingerprint density at radius 3 is 2.67 bits per heavy atom. The predicted octanol–water partition coefficient (Wildman–Crippen LogP) is 1.85. The first-order chi connectivity index (χ1) is 9.98. The molecule has 1 fully saturated rings. The summed E-state index contributed by atoms with van der Waals surface area (Å²) in [6, 6.07) is 9.14. The van der Waals surface area contributed by atoms with Crippen LogP contribution in [0.25, 0.3) is 5.69 Å². The summed E-state index contributed by atoms with van der Waals surface area (Å²) in [6.45, 7) is 2.88. The molecule has 0 aliphatic carbocycles. The molecular weight excluding hydrogens is 290 g/mol. The predicted molar refractivity (Wildman–Crippen MR) is 82.3 cm³/mol. The average molecular weight is 306 g/mol. The number of hydrogen-bond acceptors (Lipinski definition) is 4. The normalized spacial score (nSPS) is 21.8. The number of halogens is 1. The van der Waals surface area contributed by atoms with Gasteiger partial charge in [0, 0.05) is 13.1 Å². The van der Waals surface area contributed by atoms with E-state index in [1.54, 1.807) is 25.3 Å². The number of aromatic nitrogens is 2. The molecule has 1 aliphatic rings. The summed E-state index contributed by atoms with van der Waals surface area (Å²) < 4.78 is 1.28. The van der Waals surface area contributed by atoms with Gasteiger partial charge in [-0.15, -0.1) is 0 Å². The molecule has 1 aromatic heterocycles. The molecule has 2 aromatic rings. The molecule has 1 saturated heterocycles. The molecule has 2 heterocycles. The Morgan fingerprint density at radius 1 is 1.33 bits per heavy atom. The van der Waals surface area contributed by atoms with Crippen molar-refractivity contribution in [2.24, 2.45) is 0 Å².